The summed E-state index contributed by atoms with van der Waals surface area (Å²) in [5.41, 5.74) is 8.02. The van der Waals surface area contributed by atoms with Gasteiger partial charge in [-0.05, 0) is 31.9 Å². The van der Waals surface area contributed by atoms with E-state index >= 15 is 0 Å². The van der Waals surface area contributed by atoms with E-state index in [1.807, 2.05) is 37.4 Å². The molecule has 0 fully saturated rings. The molecule has 4 N–H and O–H groups in total. The van der Waals surface area contributed by atoms with Crippen molar-refractivity contribution in [1.82, 2.24) is 15.2 Å². The van der Waals surface area contributed by atoms with Crippen LogP contribution in [-0.2, 0) is 16.0 Å². The standard InChI is InChI=1S/C17H24N4O2/c1-4-21(3)17(23)11(2)20-16(22)14(18)9-12-10-19-15-8-6-5-7-13(12)15/h5-8,10-11,14,19H,4,9,18H2,1-3H3,(H,20,22)/t11?,14-/m0/s1. The average molecular weight is 316 g/mol. The van der Waals surface area contributed by atoms with Crippen molar-refractivity contribution in [3.8, 4) is 0 Å². The molecular formula is C17H24N4O2. The Morgan fingerprint density at radius 2 is 2.04 bits per heavy atom. The second kappa shape index (κ2) is 7.28. The molecule has 2 amide bonds. The molecule has 1 aromatic carbocycles. The molecule has 1 aromatic heterocycles. The fourth-order valence-corrected chi connectivity index (χ4v) is 2.50. The third kappa shape index (κ3) is 3.90. The molecule has 6 heteroatoms. The van der Waals surface area contributed by atoms with E-state index in [4.69, 9.17) is 5.73 Å². The van der Waals surface area contributed by atoms with Crippen LogP contribution in [0.15, 0.2) is 30.5 Å². The molecule has 0 saturated carbocycles. The number of para-hydroxylation sites is 1. The maximum absolute atomic E-state index is 12.2. The number of amides is 2. The number of carbonyl (C=O) groups is 2. The molecule has 2 rings (SSSR count). The summed E-state index contributed by atoms with van der Waals surface area (Å²) in [4.78, 5) is 28.9. The lowest BCUT2D eigenvalue weighted by Gasteiger charge is -2.22. The number of carbonyl (C=O) groups excluding carboxylic acids is 2. The van der Waals surface area contributed by atoms with Gasteiger partial charge in [-0.25, -0.2) is 0 Å². The minimum Gasteiger partial charge on any atom is -0.361 e. The van der Waals surface area contributed by atoms with Gasteiger partial charge in [-0.2, -0.15) is 0 Å². The van der Waals surface area contributed by atoms with Gasteiger partial charge in [0.15, 0.2) is 0 Å². The molecule has 0 aliphatic heterocycles. The van der Waals surface area contributed by atoms with E-state index in [2.05, 4.69) is 10.3 Å². The van der Waals surface area contributed by atoms with Crippen molar-refractivity contribution < 1.29 is 9.59 Å². The van der Waals surface area contributed by atoms with Gasteiger partial charge in [0.1, 0.15) is 6.04 Å². The largest absolute Gasteiger partial charge is 0.361 e. The predicted molar refractivity (Wildman–Crippen MR) is 90.9 cm³/mol. The van der Waals surface area contributed by atoms with E-state index in [1.165, 1.54) is 0 Å². The Kier molecular flexibility index (Phi) is 5.39. The molecule has 0 radical (unpaired) electrons. The lowest BCUT2D eigenvalue weighted by Crippen LogP contribution is -2.51. The van der Waals surface area contributed by atoms with Crippen LogP contribution in [0.4, 0.5) is 0 Å². The number of nitrogens with one attached hydrogen (secondary N) is 2. The van der Waals surface area contributed by atoms with Gasteiger partial charge in [-0.15, -0.1) is 0 Å². The Balaban J connectivity index is 1.99. The monoisotopic (exact) mass is 316 g/mol. The smallest absolute Gasteiger partial charge is 0.244 e. The number of H-pyrrole nitrogens is 1. The van der Waals surface area contributed by atoms with Crippen molar-refractivity contribution in [2.45, 2.75) is 32.4 Å². The van der Waals surface area contributed by atoms with Crippen molar-refractivity contribution in [2.75, 3.05) is 13.6 Å². The van der Waals surface area contributed by atoms with Gasteiger partial charge >= 0.3 is 0 Å². The summed E-state index contributed by atoms with van der Waals surface area (Å²) in [6.07, 6.45) is 2.29. The normalized spacial score (nSPS) is 13.6. The van der Waals surface area contributed by atoms with Crippen LogP contribution in [0.1, 0.15) is 19.4 Å². The van der Waals surface area contributed by atoms with Crippen molar-refractivity contribution in [3.05, 3.63) is 36.0 Å². The first-order chi connectivity index (χ1) is 10.9. The summed E-state index contributed by atoms with van der Waals surface area (Å²) in [7, 11) is 1.71. The molecule has 0 aliphatic rings. The Bertz CT molecular complexity index is 695. The average Bonchev–Trinajstić information content (AvgIpc) is 2.96. The lowest BCUT2D eigenvalue weighted by molar-refractivity contribution is -0.135. The minimum atomic E-state index is -0.698. The Morgan fingerprint density at radius 1 is 1.35 bits per heavy atom. The van der Waals surface area contributed by atoms with E-state index < -0.39 is 12.1 Å². The third-order valence-corrected chi connectivity index (χ3v) is 4.03. The SMILES string of the molecule is CCN(C)C(=O)C(C)NC(=O)[C@@H](N)Cc1c[nH]c2ccccc12. The van der Waals surface area contributed by atoms with Crippen LogP contribution in [0.25, 0.3) is 10.9 Å². The first-order valence-corrected chi connectivity index (χ1v) is 7.80. The van der Waals surface area contributed by atoms with E-state index in [-0.39, 0.29) is 11.8 Å². The van der Waals surface area contributed by atoms with Crippen LogP contribution in [0.2, 0.25) is 0 Å². The number of aromatic nitrogens is 1. The maximum atomic E-state index is 12.2. The summed E-state index contributed by atoms with van der Waals surface area (Å²) >= 11 is 0. The number of benzene rings is 1. The molecule has 1 heterocycles. The summed E-state index contributed by atoms with van der Waals surface area (Å²) < 4.78 is 0. The number of nitrogens with zero attached hydrogens (tertiary/aromatic N) is 1. The first-order valence-electron chi connectivity index (χ1n) is 7.80. The van der Waals surface area contributed by atoms with Crippen LogP contribution < -0.4 is 11.1 Å². The quantitative estimate of drug-likeness (QED) is 0.743. The topological polar surface area (TPSA) is 91.2 Å². The highest BCUT2D eigenvalue weighted by atomic mass is 16.2. The van der Waals surface area contributed by atoms with Crippen LogP contribution in [0.3, 0.4) is 0 Å². The van der Waals surface area contributed by atoms with Gasteiger partial charge in [0.2, 0.25) is 11.8 Å². The van der Waals surface area contributed by atoms with Crippen molar-refractivity contribution >= 4 is 22.7 Å². The van der Waals surface area contributed by atoms with Gasteiger partial charge in [-0.3, -0.25) is 9.59 Å². The molecule has 0 aliphatic carbocycles. The van der Waals surface area contributed by atoms with Gasteiger partial charge < -0.3 is 20.9 Å². The Morgan fingerprint density at radius 3 is 2.74 bits per heavy atom. The molecule has 2 atom stereocenters. The predicted octanol–water partition coefficient (Wildman–Crippen LogP) is 1.02. The number of hydrogen-bond donors (Lipinski definition) is 3. The molecular weight excluding hydrogens is 292 g/mol. The fraction of sp³-hybridized carbons (Fsp3) is 0.412. The van der Waals surface area contributed by atoms with Crippen molar-refractivity contribution in [2.24, 2.45) is 5.73 Å². The molecule has 0 bridgehead atoms. The van der Waals surface area contributed by atoms with Crippen molar-refractivity contribution in [1.29, 1.82) is 0 Å². The first kappa shape index (κ1) is 17.0. The van der Waals surface area contributed by atoms with E-state index in [1.54, 1.807) is 18.9 Å². The second-order valence-electron chi connectivity index (χ2n) is 5.75. The Labute approximate surface area is 136 Å². The molecule has 0 saturated heterocycles. The van der Waals surface area contributed by atoms with Gasteiger partial charge in [-0.1, -0.05) is 18.2 Å². The van der Waals surface area contributed by atoms with Crippen LogP contribution in [-0.4, -0.2) is 47.4 Å². The number of fused-ring (bicyclic) bond motifs is 1. The minimum absolute atomic E-state index is 0.125. The van der Waals surface area contributed by atoms with Gasteiger partial charge in [0, 0.05) is 30.7 Å². The summed E-state index contributed by atoms with van der Waals surface area (Å²) in [5, 5.41) is 3.75. The Hall–Kier alpha value is -2.34. The highest BCUT2D eigenvalue weighted by Crippen LogP contribution is 2.18. The molecule has 1 unspecified atom stereocenters. The zero-order valence-electron chi connectivity index (χ0n) is 13.8. The molecule has 0 spiro atoms. The number of nitrogens with two attached hydrogens (primary N) is 1. The van der Waals surface area contributed by atoms with Crippen LogP contribution >= 0.6 is 0 Å². The van der Waals surface area contributed by atoms with Gasteiger partial charge in [0.25, 0.3) is 0 Å². The van der Waals surface area contributed by atoms with Crippen LogP contribution in [0.5, 0.6) is 0 Å². The number of aromatic amines is 1. The van der Waals surface area contributed by atoms with Crippen LogP contribution in [0, 0.1) is 0 Å². The van der Waals surface area contributed by atoms with E-state index in [0.29, 0.717) is 13.0 Å². The maximum Gasteiger partial charge on any atom is 0.244 e. The summed E-state index contributed by atoms with van der Waals surface area (Å²) in [6, 6.07) is 6.59. The number of rotatable bonds is 6. The molecule has 23 heavy (non-hydrogen) atoms. The highest BCUT2D eigenvalue weighted by molar-refractivity contribution is 5.90. The molecule has 2 aromatic rings. The zero-order chi connectivity index (χ0) is 17.0. The third-order valence-electron chi connectivity index (χ3n) is 4.03. The molecule has 124 valence electrons. The fourth-order valence-electron chi connectivity index (χ4n) is 2.50. The lowest BCUT2D eigenvalue weighted by atomic mass is 10.0. The number of likely N-dealkylation sites (N-methyl/N-ethyl adjacent to an activating group) is 1. The summed E-state index contributed by atoms with van der Waals surface area (Å²) in [5.74, 6) is -0.444. The second-order valence-corrected chi connectivity index (χ2v) is 5.75. The van der Waals surface area contributed by atoms with Gasteiger partial charge in [0.05, 0.1) is 6.04 Å². The number of hydrogen-bond acceptors (Lipinski definition) is 3. The zero-order valence-corrected chi connectivity index (χ0v) is 13.8. The van der Waals surface area contributed by atoms with E-state index in [0.717, 1.165) is 16.5 Å². The highest BCUT2D eigenvalue weighted by Gasteiger charge is 2.22. The summed E-state index contributed by atoms with van der Waals surface area (Å²) in [6.45, 7) is 4.15. The van der Waals surface area contributed by atoms with Crippen molar-refractivity contribution in [3.63, 3.8) is 0 Å². The van der Waals surface area contributed by atoms with E-state index in [9.17, 15) is 9.59 Å². The molecule has 6 nitrogen and oxygen atoms in total.